The lowest BCUT2D eigenvalue weighted by Gasteiger charge is -2.10. The number of carboxylic acid groups (broad SMARTS) is 1. The van der Waals surface area contributed by atoms with Crippen molar-refractivity contribution in [3.8, 4) is 0 Å². The van der Waals surface area contributed by atoms with Gasteiger partial charge in [0.2, 0.25) is 0 Å². The molecule has 6 heteroatoms. The summed E-state index contributed by atoms with van der Waals surface area (Å²) in [4.78, 5) is 21.2. The van der Waals surface area contributed by atoms with Crippen LogP contribution in [0.5, 0.6) is 0 Å². The zero-order valence-electron chi connectivity index (χ0n) is 7.52. The van der Waals surface area contributed by atoms with E-state index < -0.39 is 12.0 Å². The Morgan fingerprint density at radius 1 is 1.62 bits per heavy atom. The summed E-state index contributed by atoms with van der Waals surface area (Å²) in [6.45, 7) is 1.64. The summed E-state index contributed by atoms with van der Waals surface area (Å²) >= 11 is 1.17. The molecule has 0 amide bonds. The van der Waals surface area contributed by atoms with E-state index in [9.17, 15) is 9.59 Å². The molecular weight excluding hydrogens is 194 g/mol. The lowest BCUT2D eigenvalue weighted by molar-refractivity contribution is -0.140. The molecule has 13 heavy (non-hydrogen) atoms. The summed E-state index contributed by atoms with van der Waals surface area (Å²) in [6.07, 6.45) is 0. The van der Waals surface area contributed by atoms with E-state index in [4.69, 9.17) is 10.8 Å². The SMILES string of the molecule is COC(=O)C(C)SCC(N)C(=O)O. The van der Waals surface area contributed by atoms with Gasteiger partial charge in [0.25, 0.3) is 0 Å². The zero-order chi connectivity index (χ0) is 10.4. The lowest BCUT2D eigenvalue weighted by atomic mass is 10.4. The Morgan fingerprint density at radius 2 is 2.15 bits per heavy atom. The number of nitrogens with two attached hydrogens (primary N) is 1. The highest BCUT2D eigenvalue weighted by Gasteiger charge is 2.18. The molecule has 0 bridgehead atoms. The van der Waals surface area contributed by atoms with Gasteiger partial charge in [-0.3, -0.25) is 9.59 Å². The molecule has 0 radical (unpaired) electrons. The Kier molecular flexibility index (Phi) is 5.48. The molecule has 0 fully saturated rings. The van der Waals surface area contributed by atoms with Crippen LogP contribution in [0.2, 0.25) is 0 Å². The molecule has 0 saturated carbocycles. The monoisotopic (exact) mass is 207 g/mol. The summed E-state index contributed by atoms with van der Waals surface area (Å²) in [6, 6.07) is -0.933. The number of rotatable bonds is 5. The molecule has 0 aliphatic heterocycles. The number of aliphatic carboxylic acids is 1. The molecule has 0 saturated heterocycles. The first kappa shape index (κ1) is 12.2. The molecule has 0 aromatic heterocycles. The molecule has 0 aromatic rings. The molecule has 76 valence electrons. The minimum Gasteiger partial charge on any atom is -0.480 e. The van der Waals surface area contributed by atoms with Crippen molar-refractivity contribution in [2.24, 2.45) is 5.73 Å². The Bertz CT molecular complexity index is 197. The van der Waals surface area contributed by atoms with Crippen molar-refractivity contribution in [3.63, 3.8) is 0 Å². The maximum atomic E-state index is 10.9. The van der Waals surface area contributed by atoms with Crippen LogP contribution in [0.3, 0.4) is 0 Å². The Balaban J connectivity index is 3.76. The highest BCUT2D eigenvalue weighted by Crippen LogP contribution is 2.12. The third-order valence-corrected chi connectivity index (χ3v) is 2.62. The van der Waals surface area contributed by atoms with E-state index >= 15 is 0 Å². The molecule has 5 nitrogen and oxygen atoms in total. The van der Waals surface area contributed by atoms with Crippen LogP contribution in [-0.4, -0.2) is 41.2 Å². The van der Waals surface area contributed by atoms with Gasteiger partial charge in [-0.15, -0.1) is 11.8 Å². The van der Waals surface area contributed by atoms with Crippen LogP contribution in [-0.2, 0) is 14.3 Å². The first-order chi connectivity index (χ1) is 5.99. The van der Waals surface area contributed by atoms with Crippen molar-refractivity contribution in [2.75, 3.05) is 12.9 Å². The molecule has 0 aliphatic rings. The number of hydrogen-bond acceptors (Lipinski definition) is 5. The van der Waals surface area contributed by atoms with Gasteiger partial charge < -0.3 is 15.6 Å². The molecule has 0 aliphatic carbocycles. The van der Waals surface area contributed by atoms with Gasteiger partial charge in [-0.25, -0.2) is 0 Å². The van der Waals surface area contributed by atoms with Crippen LogP contribution in [0.15, 0.2) is 0 Å². The third kappa shape index (κ3) is 4.74. The maximum absolute atomic E-state index is 10.9. The summed E-state index contributed by atoms with van der Waals surface area (Å²) in [5.41, 5.74) is 5.23. The van der Waals surface area contributed by atoms with Crippen molar-refractivity contribution in [3.05, 3.63) is 0 Å². The number of esters is 1. The normalized spacial score (nSPS) is 14.7. The van der Waals surface area contributed by atoms with Crippen LogP contribution in [0, 0.1) is 0 Å². The van der Waals surface area contributed by atoms with Gasteiger partial charge in [-0.05, 0) is 6.92 Å². The Hall–Kier alpha value is -0.750. The molecule has 0 heterocycles. The Labute approximate surface area is 80.6 Å². The van der Waals surface area contributed by atoms with E-state index in [0.717, 1.165) is 0 Å². The van der Waals surface area contributed by atoms with Gasteiger partial charge in [0, 0.05) is 5.75 Å². The third-order valence-electron chi connectivity index (χ3n) is 1.38. The van der Waals surface area contributed by atoms with Crippen molar-refractivity contribution >= 4 is 23.7 Å². The molecule has 0 aromatic carbocycles. The largest absolute Gasteiger partial charge is 0.480 e. The molecule has 2 atom stereocenters. The predicted molar refractivity (Wildman–Crippen MR) is 49.5 cm³/mol. The fraction of sp³-hybridized carbons (Fsp3) is 0.714. The van der Waals surface area contributed by atoms with E-state index in [1.165, 1.54) is 18.9 Å². The standard InChI is InChI=1S/C7H13NO4S/c1-4(7(11)12-2)13-3-5(8)6(9)10/h4-5H,3,8H2,1-2H3,(H,9,10). The first-order valence-electron chi connectivity index (χ1n) is 3.66. The first-order valence-corrected chi connectivity index (χ1v) is 4.71. The highest BCUT2D eigenvalue weighted by molar-refractivity contribution is 8.00. The van der Waals surface area contributed by atoms with Gasteiger partial charge >= 0.3 is 11.9 Å². The molecule has 3 N–H and O–H groups in total. The summed E-state index contributed by atoms with van der Waals surface area (Å²) in [7, 11) is 1.29. The van der Waals surface area contributed by atoms with E-state index in [1.807, 2.05) is 0 Å². The summed E-state index contributed by atoms with van der Waals surface area (Å²) in [5, 5.41) is 8.06. The predicted octanol–water partition coefficient (Wildman–Crippen LogP) is -0.307. The minimum atomic E-state index is -1.07. The molecule has 0 spiro atoms. The average Bonchev–Trinajstić information content (AvgIpc) is 2.11. The summed E-state index contributed by atoms with van der Waals surface area (Å²) < 4.78 is 4.46. The quantitative estimate of drug-likeness (QED) is 0.601. The van der Waals surface area contributed by atoms with E-state index in [1.54, 1.807) is 6.92 Å². The van der Waals surface area contributed by atoms with E-state index in [0.29, 0.717) is 0 Å². The fourth-order valence-electron chi connectivity index (χ4n) is 0.553. The number of carbonyl (C=O) groups excluding carboxylic acids is 1. The minimum absolute atomic E-state index is 0.200. The van der Waals surface area contributed by atoms with Crippen LogP contribution < -0.4 is 5.73 Å². The smallest absolute Gasteiger partial charge is 0.321 e. The van der Waals surface area contributed by atoms with Gasteiger partial charge in [-0.1, -0.05) is 0 Å². The summed E-state index contributed by atoms with van der Waals surface area (Å²) in [5.74, 6) is -1.24. The number of carbonyl (C=O) groups is 2. The number of methoxy groups -OCH3 is 1. The molecule has 2 unspecified atom stereocenters. The average molecular weight is 207 g/mol. The van der Waals surface area contributed by atoms with Gasteiger partial charge in [0.05, 0.1) is 12.4 Å². The van der Waals surface area contributed by atoms with Crippen LogP contribution in [0.4, 0.5) is 0 Å². The van der Waals surface area contributed by atoms with Crippen LogP contribution in [0.1, 0.15) is 6.92 Å². The van der Waals surface area contributed by atoms with Gasteiger partial charge in [0.1, 0.15) is 6.04 Å². The second-order valence-corrected chi connectivity index (χ2v) is 3.82. The Morgan fingerprint density at radius 3 is 2.54 bits per heavy atom. The lowest BCUT2D eigenvalue weighted by Crippen LogP contribution is -2.33. The van der Waals surface area contributed by atoms with Crippen LogP contribution >= 0.6 is 11.8 Å². The number of hydrogen-bond donors (Lipinski definition) is 2. The van der Waals surface area contributed by atoms with E-state index in [-0.39, 0.29) is 17.0 Å². The number of carboxylic acids is 1. The zero-order valence-corrected chi connectivity index (χ0v) is 8.34. The van der Waals surface area contributed by atoms with Gasteiger partial charge in [0.15, 0.2) is 0 Å². The van der Waals surface area contributed by atoms with Crippen LogP contribution in [0.25, 0.3) is 0 Å². The maximum Gasteiger partial charge on any atom is 0.321 e. The topological polar surface area (TPSA) is 89.6 Å². The van der Waals surface area contributed by atoms with Crippen molar-refractivity contribution in [2.45, 2.75) is 18.2 Å². The van der Waals surface area contributed by atoms with Crippen molar-refractivity contribution < 1.29 is 19.4 Å². The second kappa shape index (κ2) is 5.82. The molecule has 0 rings (SSSR count). The second-order valence-electron chi connectivity index (χ2n) is 2.44. The van der Waals surface area contributed by atoms with Crippen molar-refractivity contribution in [1.82, 2.24) is 0 Å². The van der Waals surface area contributed by atoms with Gasteiger partial charge in [-0.2, -0.15) is 0 Å². The molecular formula is C7H13NO4S. The highest BCUT2D eigenvalue weighted by atomic mass is 32.2. The van der Waals surface area contributed by atoms with Crippen molar-refractivity contribution in [1.29, 1.82) is 0 Å². The number of thioether (sulfide) groups is 1. The fourth-order valence-corrected chi connectivity index (χ4v) is 1.42. The van der Waals surface area contributed by atoms with E-state index in [2.05, 4.69) is 4.74 Å². The number of ether oxygens (including phenoxy) is 1.